The normalized spacial score (nSPS) is 18.7. The number of nitrogens with zero attached hydrogens (tertiary/aromatic N) is 1. The lowest BCUT2D eigenvalue weighted by Crippen LogP contribution is -2.37. The predicted molar refractivity (Wildman–Crippen MR) is 120 cm³/mol. The first-order chi connectivity index (χ1) is 17.4. The molecule has 0 aliphatic carbocycles. The lowest BCUT2D eigenvalue weighted by atomic mass is 10.1. The zero-order valence-corrected chi connectivity index (χ0v) is 19.1. The minimum Gasteiger partial charge on any atom is -0.464 e. The molecule has 2 amide bonds. The molecule has 0 aromatic heterocycles. The summed E-state index contributed by atoms with van der Waals surface area (Å²) in [4.78, 5) is 69.2. The van der Waals surface area contributed by atoms with Gasteiger partial charge in [-0.2, -0.15) is 9.68 Å². The van der Waals surface area contributed by atoms with E-state index in [4.69, 9.17) is 19.1 Å². The summed E-state index contributed by atoms with van der Waals surface area (Å²) < 4.78 is 9.63. The molecular formula is C24H24N3O9+. The van der Waals surface area contributed by atoms with Crippen molar-refractivity contribution in [3.63, 3.8) is 0 Å². The van der Waals surface area contributed by atoms with Crippen molar-refractivity contribution in [2.45, 2.75) is 38.1 Å². The topological polar surface area (TPSA) is 149 Å². The molecule has 36 heavy (non-hydrogen) atoms. The van der Waals surface area contributed by atoms with Crippen molar-refractivity contribution in [3.8, 4) is 0 Å². The van der Waals surface area contributed by atoms with Crippen LogP contribution in [0.4, 0.5) is 0 Å². The van der Waals surface area contributed by atoms with Crippen LogP contribution < -0.4 is 10.6 Å². The van der Waals surface area contributed by atoms with Crippen LogP contribution in [0.25, 0.3) is 0 Å². The molecule has 2 N–H and O–H groups in total. The minimum atomic E-state index is -0.641. The fourth-order valence-corrected chi connectivity index (χ4v) is 3.53. The highest BCUT2D eigenvalue weighted by Crippen LogP contribution is 2.12. The standard InChI is InChI=1S/C24H23N3O9/c28-21(25-19-9-11-33-23(19)30)17-5-1-15(2-6-17)13-35-27(32)36-14-16-3-7-18(8-4-16)22(29)26-20-10-12-34-24(20)31/h1-8,19-20H,9-14H2,(H-,25,26,28,29)/p+1. The maximum atomic E-state index is 12.2. The van der Waals surface area contributed by atoms with Gasteiger partial charge in [0.15, 0.2) is 13.2 Å². The maximum Gasteiger partial charge on any atom is 0.478 e. The van der Waals surface area contributed by atoms with Crippen LogP contribution in [0.15, 0.2) is 48.5 Å². The highest BCUT2D eigenvalue weighted by molar-refractivity contribution is 5.97. The van der Waals surface area contributed by atoms with Crippen LogP contribution in [-0.4, -0.2) is 54.1 Å². The zero-order chi connectivity index (χ0) is 25.5. The molecule has 0 spiro atoms. The Hall–Kier alpha value is -4.48. The van der Waals surface area contributed by atoms with E-state index in [1.54, 1.807) is 48.5 Å². The van der Waals surface area contributed by atoms with Crippen LogP contribution in [0.2, 0.25) is 0 Å². The summed E-state index contributed by atoms with van der Waals surface area (Å²) in [6.45, 7) is 0.387. The van der Waals surface area contributed by atoms with Crippen molar-refractivity contribution in [2.75, 3.05) is 13.2 Å². The molecule has 2 fully saturated rings. The number of benzene rings is 2. The van der Waals surface area contributed by atoms with Crippen molar-refractivity contribution < 1.29 is 43.4 Å². The van der Waals surface area contributed by atoms with Gasteiger partial charge in [0.2, 0.25) is 0 Å². The first kappa shape index (κ1) is 24.6. The van der Waals surface area contributed by atoms with E-state index >= 15 is 0 Å². The minimum absolute atomic E-state index is 0.0152. The van der Waals surface area contributed by atoms with Gasteiger partial charge in [-0.1, -0.05) is 24.3 Å². The second-order valence-corrected chi connectivity index (χ2v) is 8.13. The summed E-state index contributed by atoms with van der Waals surface area (Å²) >= 11 is 0. The van der Waals surface area contributed by atoms with Crippen LogP contribution in [0.5, 0.6) is 0 Å². The predicted octanol–water partition coefficient (Wildman–Crippen LogP) is 1.12. The van der Waals surface area contributed by atoms with Gasteiger partial charge in [0.25, 0.3) is 11.8 Å². The Kier molecular flexibility index (Phi) is 7.73. The molecule has 4 rings (SSSR count). The van der Waals surface area contributed by atoms with E-state index in [1.165, 1.54) is 0 Å². The molecule has 188 valence electrons. The first-order valence-corrected chi connectivity index (χ1v) is 11.2. The van der Waals surface area contributed by atoms with Crippen LogP contribution >= 0.6 is 0 Å². The van der Waals surface area contributed by atoms with Crippen molar-refractivity contribution in [3.05, 3.63) is 75.7 Å². The lowest BCUT2D eigenvalue weighted by Gasteiger charge is -2.09. The number of hydrogen-bond donors (Lipinski definition) is 2. The summed E-state index contributed by atoms with van der Waals surface area (Å²) in [6.07, 6.45) is 0.876. The van der Waals surface area contributed by atoms with Crippen LogP contribution in [-0.2, 0) is 42.0 Å². The Morgan fingerprint density at radius 1 is 0.750 bits per heavy atom. The van der Waals surface area contributed by atoms with Gasteiger partial charge in [0.05, 0.1) is 13.2 Å². The van der Waals surface area contributed by atoms with E-state index in [2.05, 4.69) is 10.6 Å². The quantitative estimate of drug-likeness (QED) is 0.363. The van der Waals surface area contributed by atoms with Gasteiger partial charge >= 0.3 is 17.0 Å². The van der Waals surface area contributed by atoms with Crippen LogP contribution in [0.1, 0.15) is 44.7 Å². The molecule has 2 aliphatic heterocycles. The number of carbonyl (C=O) groups is 4. The molecule has 2 heterocycles. The van der Waals surface area contributed by atoms with Crippen LogP contribution in [0, 0.1) is 4.91 Å². The van der Waals surface area contributed by atoms with E-state index in [-0.39, 0.29) is 31.5 Å². The number of amides is 2. The highest BCUT2D eigenvalue weighted by atomic mass is 17.0. The van der Waals surface area contributed by atoms with E-state index in [0.29, 0.717) is 35.1 Å². The number of nitrogens with one attached hydrogen (secondary N) is 2. The Bertz CT molecular complexity index is 1060. The van der Waals surface area contributed by atoms with Crippen LogP contribution in [0.3, 0.4) is 0 Å². The van der Waals surface area contributed by atoms with E-state index < -0.39 is 35.8 Å². The SMILES string of the molecule is O=C(NC1CCOC1=O)c1ccc(CO[N+](=O)OCc2ccc(C(=O)NC3CCOC3=O)cc2)cc1. The smallest absolute Gasteiger partial charge is 0.464 e. The number of esters is 2. The maximum absolute atomic E-state index is 12.2. The molecule has 2 aliphatic rings. The molecular weight excluding hydrogens is 474 g/mol. The molecule has 0 saturated carbocycles. The third-order valence-corrected chi connectivity index (χ3v) is 5.59. The number of cyclic esters (lactones) is 2. The Labute approximate surface area is 205 Å². The Morgan fingerprint density at radius 2 is 1.14 bits per heavy atom. The molecule has 2 saturated heterocycles. The van der Waals surface area contributed by atoms with Gasteiger partial charge in [-0.25, -0.2) is 9.59 Å². The van der Waals surface area contributed by atoms with E-state index in [1.807, 2.05) is 0 Å². The first-order valence-electron chi connectivity index (χ1n) is 11.2. The second kappa shape index (κ2) is 11.3. The van der Waals surface area contributed by atoms with Crippen molar-refractivity contribution in [1.82, 2.24) is 10.6 Å². The summed E-state index contributed by atoms with van der Waals surface area (Å²) in [5.74, 6) is -1.69. The highest BCUT2D eigenvalue weighted by Gasteiger charge is 2.29. The summed E-state index contributed by atoms with van der Waals surface area (Å²) in [7, 11) is 0. The summed E-state index contributed by atoms with van der Waals surface area (Å²) in [5.41, 5.74) is 1.96. The second-order valence-electron chi connectivity index (χ2n) is 8.13. The van der Waals surface area contributed by atoms with Crippen molar-refractivity contribution in [1.29, 1.82) is 0 Å². The molecule has 0 radical (unpaired) electrons. The van der Waals surface area contributed by atoms with Gasteiger partial charge in [-0.3, -0.25) is 9.59 Å². The van der Waals surface area contributed by atoms with Crippen molar-refractivity contribution >= 4 is 23.8 Å². The monoisotopic (exact) mass is 498 g/mol. The number of carbonyl (C=O) groups excluding carboxylic acids is 4. The van der Waals surface area contributed by atoms with E-state index in [0.717, 1.165) is 0 Å². The molecule has 0 bridgehead atoms. The fraction of sp³-hybridized carbons (Fsp3) is 0.333. The van der Waals surface area contributed by atoms with Gasteiger partial charge in [0, 0.05) is 24.0 Å². The molecule has 12 heteroatoms. The van der Waals surface area contributed by atoms with Gasteiger partial charge in [-0.15, -0.1) is 0 Å². The zero-order valence-electron chi connectivity index (χ0n) is 19.1. The Balaban J connectivity index is 1.18. The fourth-order valence-electron chi connectivity index (χ4n) is 3.53. The number of rotatable bonds is 10. The van der Waals surface area contributed by atoms with Gasteiger partial charge in [0.1, 0.15) is 17.0 Å². The number of ether oxygens (including phenoxy) is 2. The molecule has 2 atom stereocenters. The van der Waals surface area contributed by atoms with Gasteiger partial charge in [-0.05, 0) is 35.4 Å². The molecule has 2 unspecified atom stereocenters. The average molecular weight is 498 g/mol. The number of hydrogen-bond acceptors (Lipinski definition) is 9. The van der Waals surface area contributed by atoms with Crippen molar-refractivity contribution in [2.24, 2.45) is 0 Å². The molecule has 12 nitrogen and oxygen atoms in total. The summed E-state index contributed by atoms with van der Waals surface area (Å²) in [6, 6.07) is 11.4. The molecule has 2 aromatic carbocycles. The third-order valence-electron chi connectivity index (χ3n) is 5.59. The lowest BCUT2D eigenvalue weighted by molar-refractivity contribution is -0.987. The largest absolute Gasteiger partial charge is 0.478 e. The van der Waals surface area contributed by atoms with E-state index in [9.17, 15) is 24.1 Å². The summed E-state index contributed by atoms with van der Waals surface area (Å²) in [5, 5.41) is 5.21. The molecule has 2 aromatic rings. The average Bonchev–Trinajstić information content (AvgIpc) is 3.49. The van der Waals surface area contributed by atoms with Gasteiger partial charge < -0.3 is 20.1 Å². The Morgan fingerprint density at radius 3 is 1.47 bits per heavy atom. The third kappa shape index (κ3) is 6.34.